The fourth-order valence-electron chi connectivity index (χ4n) is 1.15. The van der Waals surface area contributed by atoms with Crippen molar-refractivity contribution in [3.8, 4) is 6.07 Å². The molecule has 0 heterocycles. The van der Waals surface area contributed by atoms with Gasteiger partial charge in [0.05, 0.1) is 32.5 Å². The molecule has 0 saturated heterocycles. The zero-order valence-corrected chi connectivity index (χ0v) is 9.28. The van der Waals surface area contributed by atoms with Crippen LogP contribution in [0.25, 0.3) is 0 Å². The third-order valence-electron chi connectivity index (χ3n) is 1.93. The van der Waals surface area contributed by atoms with Crippen LogP contribution in [0.3, 0.4) is 0 Å². The summed E-state index contributed by atoms with van der Waals surface area (Å²) >= 11 is 0. The van der Waals surface area contributed by atoms with Crippen molar-refractivity contribution in [2.75, 3.05) is 33.0 Å². The predicted octanol–water partition coefficient (Wildman–Crippen LogP) is 1.49. The first kappa shape index (κ1) is 14.4. The second kappa shape index (κ2) is 13.4. The van der Waals surface area contributed by atoms with Crippen molar-refractivity contribution in [1.29, 1.82) is 5.26 Å². The summed E-state index contributed by atoms with van der Waals surface area (Å²) in [5.74, 6) is 0. The van der Waals surface area contributed by atoms with E-state index in [1.807, 2.05) is 0 Å². The Balaban J connectivity index is 2.84. The van der Waals surface area contributed by atoms with Crippen LogP contribution in [-0.4, -0.2) is 38.1 Å². The van der Waals surface area contributed by atoms with E-state index in [1.165, 1.54) is 0 Å². The van der Waals surface area contributed by atoms with Gasteiger partial charge in [0, 0.05) is 13.0 Å². The predicted molar refractivity (Wildman–Crippen MR) is 57.4 cm³/mol. The summed E-state index contributed by atoms with van der Waals surface area (Å²) in [5, 5.41) is 16.7. The second-order valence-electron chi connectivity index (χ2n) is 3.27. The van der Waals surface area contributed by atoms with Crippen LogP contribution in [0.4, 0.5) is 0 Å². The highest BCUT2D eigenvalue weighted by molar-refractivity contribution is 4.67. The number of aliphatic hydroxyl groups excluding tert-OH is 1. The summed E-state index contributed by atoms with van der Waals surface area (Å²) in [6, 6.07) is 2.13. The third-order valence-corrected chi connectivity index (χ3v) is 1.93. The highest BCUT2D eigenvalue weighted by Crippen LogP contribution is 2.02. The molecule has 0 amide bonds. The molecule has 0 rings (SSSR count). The molecule has 0 radical (unpaired) electrons. The molecule has 0 spiro atoms. The quantitative estimate of drug-likeness (QED) is 0.530. The highest BCUT2D eigenvalue weighted by Gasteiger charge is 1.91. The van der Waals surface area contributed by atoms with Crippen LogP contribution in [0, 0.1) is 11.3 Å². The number of aliphatic hydroxyl groups is 1. The number of nitriles is 1. The van der Waals surface area contributed by atoms with Crippen LogP contribution in [0.2, 0.25) is 0 Å². The molecule has 4 heteroatoms. The Morgan fingerprint density at radius 2 is 1.53 bits per heavy atom. The lowest BCUT2D eigenvalue weighted by Crippen LogP contribution is -2.07. The standard InChI is InChI=1S/C11H21NO3/c12-6-4-2-1-3-5-8-14-10-11-15-9-7-13/h13H,1-5,7-11H2. The van der Waals surface area contributed by atoms with Crippen molar-refractivity contribution in [1.82, 2.24) is 0 Å². The molecular weight excluding hydrogens is 194 g/mol. The minimum atomic E-state index is 0.0683. The molecule has 0 saturated carbocycles. The van der Waals surface area contributed by atoms with Crippen molar-refractivity contribution >= 4 is 0 Å². The molecule has 4 nitrogen and oxygen atoms in total. The van der Waals surface area contributed by atoms with E-state index >= 15 is 0 Å². The van der Waals surface area contributed by atoms with Gasteiger partial charge < -0.3 is 14.6 Å². The molecule has 0 aromatic rings. The zero-order valence-electron chi connectivity index (χ0n) is 9.28. The van der Waals surface area contributed by atoms with Gasteiger partial charge in [-0.2, -0.15) is 5.26 Å². The van der Waals surface area contributed by atoms with Gasteiger partial charge in [-0.3, -0.25) is 0 Å². The van der Waals surface area contributed by atoms with Gasteiger partial charge in [-0.25, -0.2) is 0 Å². The molecule has 0 aliphatic carbocycles. The average molecular weight is 215 g/mol. The summed E-state index contributed by atoms with van der Waals surface area (Å²) in [5.41, 5.74) is 0. The lowest BCUT2D eigenvalue weighted by Gasteiger charge is -2.04. The average Bonchev–Trinajstić information content (AvgIpc) is 2.26. The first-order valence-electron chi connectivity index (χ1n) is 5.55. The summed E-state index contributed by atoms with van der Waals surface area (Å²) in [6.07, 6.45) is 4.94. The van der Waals surface area contributed by atoms with E-state index in [1.54, 1.807) is 0 Å². The van der Waals surface area contributed by atoms with Crippen LogP contribution in [0.15, 0.2) is 0 Å². The molecule has 88 valence electrons. The number of ether oxygens (including phenoxy) is 2. The van der Waals surface area contributed by atoms with Gasteiger partial charge in [0.15, 0.2) is 0 Å². The van der Waals surface area contributed by atoms with E-state index in [0.717, 1.165) is 32.3 Å². The maximum absolute atomic E-state index is 8.42. The first-order chi connectivity index (χ1) is 7.41. The Bertz CT molecular complexity index is 156. The Morgan fingerprint density at radius 3 is 2.20 bits per heavy atom. The van der Waals surface area contributed by atoms with Crippen molar-refractivity contribution in [2.24, 2.45) is 0 Å². The summed E-state index contributed by atoms with van der Waals surface area (Å²) in [6.45, 7) is 2.36. The molecule has 0 aromatic carbocycles. The van der Waals surface area contributed by atoms with Gasteiger partial charge >= 0.3 is 0 Å². The molecule has 0 bridgehead atoms. The topological polar surface area (TPSA) is 62.5 Å². The summed E-state index contributed by atoms with van der Waals surface area (Å²) in [7, 11) is 0. The number of hydrogen-bond donors (Lipinski definition) is 1. The minimum absolute atomic E-state index is 0.0683. The third kappa shape index (κ3) is 13.4. The van der Waals surface area contributed by atoms with Crippen molar-refractivity contribution in [3.05, 3.63) is 0 Å². The maximum atomic E-state index is 8.42. The molecule has 0 fully saturated rings. The van der Waals surface area contributed by atoms with E-state index in [2.05, 4.69) is 6.07 Å². The van der Waals surface area contributed by atoms with E-state index in [0.29, 0.717) is 26.2 Å². The Kier molecular flexibility index (Phi) is 12.8. The van der Waals surface area contributed by atoms with Crippen LogP contribution >= 0.6 is 0 Å². The van der Waals surface area contributed by atoms with Crippen molar-refractivity contribution < 1.29 is 14.6 Å². The SMILES string of the molecule is N#CCCCCCCOCCOCCO. The monoisotopic (exact) mass is 215 g/mol. The van der Waals surface area contributed by atoms with Gasteiger partial charge in [0.2, 0.25) is 0 Å². The Morgan fingerprint density at radius 1 is 0.867 bits per heavy atom. The van der Waals surface area contributed by atoms with E-state index in [4.69, 9.17) is 19.8 Å². The second-order valence-corrected chi connectivity index (χ2v) is 3.27. The smallest absolute Gasteiger partial charge is 0.0701 e. The number of nitrogens with zero attached hydrogens (tertiary/aromatic N) is 1. The highest BCUT2D eigenvalue weighted by atomic mass is 16.5. The van der Waals surface area contributed by atoms with Crippen LogP contribution in [0.5, 0.6) is 0 Å². The number of hydrogen-bond acceptors (Lipinski definition) is 4. The first-order valence-corrected chi connectivity index (χ1v) is 5.55. The molecule has 0 aliphatic rings. The van der Waals surface area contributed by atoms with Gasteiger partial charge in [-0.15, -0.1) is 0 Å². The summed E-state index contributed by atoms with van der Waals surface area (Å²) in [4.78, 5) is 0. The van der Waals surface area contributed by atoms with E-state index in [9.17, 15) is 0 Å². The van der Waals surface area contributed by atoms with Crippen LogP contribution in [0.1, 0.15) is 32.1 Å². The molecule has 0 atom stereocenters. The van der Waals surface area contributed by atoms with Gasteiger partial charge in [0.25, 0.3) is 0 Å². The fourth-order valence-corrected chi connectivity index (χ4v) is 1.15. The normalized spacial score (nSPS) is 10.1. The van der Waals surface area contributed by atoms with Crippen molar-refractivity contribution in [3.63, 3.8) is 0 Å². The Hall–Kier alpha value is -0.630. The maximum Gasteiger partial charge on any atom is 0.0701 e. The molecule has 1 N–H and O–H groups in total. The molecular formula is C11H21NO3. The summed E-state index contributed by atoms with van der Waals surface area (Å²) < 4.78 is 10.3. The lowest BCUT2D eigenvalue weighted by molar-refractivity contribution is 0.0321. The van der Waals surface area contributed by atoms with Crippen LogP contribution in [-0.2, 0) is 9.47 Å². The Labute approximate surface area is 91.8 Å². The van der Waals surface area contributed by atoms with Crippen LogP contribution < -0.4 is 0 Å². The zero-order chi connectivity index (χ0) is 11.2. The van der Waals surface area contributed by atoms with Gasteiger partial charge in [0.1, 0.15) is 0 Å². The van der Waals surface area contributed by atoms with Gasteiger partial charge in [-0.05, 0) is 12.8 Å². The largest absolute Gasteiger partial charge is 0.394 e. The molecule has 0 unspecified atom stereocenters. The fraction of sp³-hybridized carbons (Fsp3) is 0.909. The van der Waals surface area contributed by atoms with E-state index < -0.39 is 0 Å². The molecule has 15 heavy (non-hydrogen) atoms. The number of rotatable bonds is 11. The van der Waals surface area contributed by atoms with Gasteiger partial charge in [-0.1, -0.05) is 12.8 Å². The van der Waals surface area contributed by atoms with Crippen molar-refractivity contribution in [2.45, 2.75) is 32.1 Å². The van der Waals surface area contributed by atoms with E-state index in [-0.39, 0.29) is 6.61 Å². The minimum Gasteiger partial charge on any atom is -0.394 e. The molecule has 0 aromatic heterocycles. The lowest BCUT2D eigenvalue weighted by atomic mass is 10.2. The molecule has 0 aliphatic heterocycles. The number of unbranched alkanes of at least 4 members (excludes halogenated alkanes) is 4.